The summed E-state index contributed by atoms with van der Waals surface area (Å²) in [6.45, 7) is 2.84. The van der Waals surface area contributed by atoms with E-state index in [0.29, 0.717) is 29.2 Å². The average molecular weight is 332 g/mol. The van der Waals surface area contributed by atoms with Crippen LogP contribution in [-0.2, 0) is 14.6 Å². The lowest BCUT2D eigenvalue weighted by Crippen LogP contribution is -2.38. The minimum absolute atomic E-state index is 0.211. The van der Waals surface area contributed by atoms with E-state index < -0.39 is 21.7 Å². The number of anilines is 1. The molecule has 0 aliphatic carbocycles. The molecule has 0 bridgehead atoms. The predicted octanol–water partition coefficient (Wildman–Crippen LogP) is 2.35. The Hall–Kier alpha value is -1.27. The number of piperidine rings is 1. The molecule has 1 aromatic carbocycles. The van der Waals surface area contributed by atoms with Crippen LogP contribution < -0.4 is 4.90 Å². The Labute approximate surface area is 129 Å². The molecule has 1 atom stereocenters. The highest BCUT2D eigenvalue weighted by molar-refractivity contribution is 7.90. The van der Waals surface area contributed by atoms with Crippen molar-refractivity contribution in [3.63, 3.8) is 0 Å². The lowest BCUT2D eigenvalue weighted by molar-refractivity contribution is -0.141. The van der Waals surface area contributed by atoms with Crippen LogP contribution in [0.15, 0.2) is 17.0 Å². The van der Waals surface area contributed by atoms with E-state index in [9.17, 15) is 13.2 Å². The van der Waals surface area contributed by atoms with E-state index in [1.807, 2.05) is 4.90 Å². The molecular formula is C14H18ClNO4S. The van der Waals surface area contributed by atoms with Gasteiger partial charge in [-0.1, -0.05) is 11.6 Å². The summed E-state index contributed by atoms with van der Waals surface area (Å²) in [5.74, 6) is -1.22. The molecule has 7 heteroatoms. The van der Waals surface area contributed by atoms with Gasteiger partial charge in [0.2, 0.25) is 0 Å². The number of aryl methyl sites for hydroxylation is 1. The molecule has 1 aliphatic heterocycles. The number of nitrogens with zero attached hydrogens (tertiary/aromatic N) is 1. The van der Waals surface area contributed by atoms with Crippen molar-refractivity contribution in [1.29, 1.82) is 0 Å². The maximum atomic E-state index is 11.7. The summed E-state index contributed by atoms with van der Waals surface area (Å²) in [6, 6.07) is 3.18. The summed E-state index contributed by atoms with van der Waals surface area (Å²) in [4.78, 5) is 13.3. The molecule has 0 amide bonds. The molecule has 0 aromatic heterocycles. The van der Waals surface area contributed by atoms with Gasteiger partial charge in [0.25, 0.3) is 0 Å². The first-order valence-electron chi connectivity index (χ1n) is 6.68. The molecule has 1 heterocycles. The fourth-order valence-electron chi connectivity index (χ4n) is 2.69. The number of hydrogen-bond acceptors (Lipinski definition) is 4. The van der Waals surface area contributed by atoms with Crippen LogP contribution in [0.5, 0.6) is 0 Å². The maximum absolute atomic E-state index is 11.7. The molecule has 1 unspecified atom stereocenters. The van der Waals surface area contributed by atoms with Gasteiger partial charge in [0.05, 0.1) is 21.5 Å². The SMILES string of the molecule is Cc1cc(N2CCCC(C(=O)O)C2)c(Cl)cc1S(C)(=O)=O. The number of carbonyl (C=O) groups is 1. The van der Waals surface area contributed by atoms with Crippen LogP contribution in [0.25, 0.3) is 0 Å². The number of halogens is 1. The smallest absolute Gasteiger partial charge is 0.308 e. The van der Waals surface area contributed by atoms with Gasteiger partial charge >= 0.3 is 5.97 Å². The normalized spacial score (nSPS) is 19.6. The molecule has 2 rings (SSSR count). The molecule has 21 heavy (non-hydrogen) atoms. The molecule has 116 valence electrons. The van der Waals surface area contributed by atoms with Gasteiger partial charge in [0.1, 0.15) is 0 Å². The van der Waals surface area contributed by atoms with Crippen molar-refractivity contribution in [3.05, 3.63) is 22.7 Å². The maximum Gasteiger partial charge on any atom is 0.308 e. The van der Waals surface area contributed by atoms with E-state index in [4.69, 9.17) is 16.7 Å². The predicted molar refractivity (Wildman–Crippen MR) is 81.9 cm³/mol. The molecule has 0 spiro atoms. The van der Waals surface area contributed by atoms with Crippen molar-refractivity contribution in [3.8, 4) is 0 Å². The fourth-order valence-corrected chi connectivity index (χ4v) is 4.01. The Kier molecular flexibility index (Phi) is 4.49. The second-order valence-electron chi connectivity index (χ2n) is 5.46. The minimum Gasteiger partial charge on any atom is -0.481 e. The molecule has 0 saturated carbocycles. The molecule has 1 N–H and O–H groups in total. The number of sulfone groups is 1. The van der Waals surface area contributed by atoms with Crippen LogP contribution in [0.2, 0.25) is 5.02 Å². The largest absolute Gasteiger partial charge is 0.481 e. The monoisotopic (exact) mass is 331 g/mol. The van der Waals surface area contributed by atoms with Gasteiger partial charge in [-0.15, -0.1) is 0 Å². The molecule has 1 aliphatic rings. The van der Waals surface area contributed by atoms with E-state index in [1.165, 1.54) is 6.07 Å². The first-order valence-corrected chi connectivity index (χ1v) is 8.95. The van der Waals surface area contributed by atoms with Gasteiger partial charge in [0, 0.05) is 19.3 Å². The number of carboxylic acids is 1. The van der Waals surface area contributed by atoms with Crippen LogP contribution in [0.1, 0.15) is 18.4 Å². The van der Waals surface area contributed by atoms with Crippen LogP contribution in [0.4, 0.5) is 5.69 Å². The van der Waals surface area contributed by atoms with Gasteiger partial charge in [-0.05, 0) is 37.5 Å². The highest BCUT2D eigenvalue weighted by atomic mass is 35.5. The number of benzene rings is 1. The quantitative estimate of drug-likeness (QED) is 0.920. The van der Waals surface area contributed by atoms with Crippen molar-refractivity contribution in [2.45, 2.75) is 24.7 Å². The van der Waals surface area contributed by atoms with Gasteiger partial charge in [-0.25, -0.2) is 8.42 Å². The van der Waals surface area contributed by atoms with Crippen molar-refractivity contribution >= 4 is 33.1 Å². The lowest BCUT2D eigenvalue weighted by Gasteiger charge is -2.33. The summed E-state index contributed by atoms with van der Waals surface area (Å²) in [5.41, 5.74) is 1.32. The Morgan fingerprint density at radius 3 is 2.67 bits per heavy atom. The van der Waals surface area contributed by atoms with Gasteiger partial charge in [-0.2, -0.15) is 0 Å². The Bertz CT molecular complexity index is 672. The lowest BCUT2D eigenvalue weighted by atomic mass is 9.97. The molecule has 1 saturated heterocycles. The summed E-state index contributed by atoms with van der Waals surface area (Å²) >= 11 is 6.21. The van der Waals surface area contributed by atoms with Crippen molar-refractivity contribution < 1.29 is 18.3 Å². The molecule has 0 radical (unpaired) electrons. The third-order valence-corrected chi connectivity index (χ3v) is 5.30. The number of carboxylic acid groups (broad SMARTS) is 1. The first-order chi connectivity index (χ1) is 9.70. The first kappa shape index (κ1) is 16.1. The number of hydrogen-bond donors (Lipinski definition) is 1. The van der Waals surface area contributed by atoms with Crippen LogP contribution in [-0.4, -0.2) is 38.8 Å². The highest BCUT2D eigenvalue weighted by Crippen LogP contribution is 2.33. The molecule has 1 aromatic rings. The Morgan fingerprint density at radius 1 is 1.43 bits per heavy atom. The minimum atomic E-state index is -3.32. The molecule has 5 nitrogen and oxygen atoms in total. The zero-order valence-electron chi connectivity index (χ0n) is 12.0. The van der Waals surface area contributed by atoms with Gasteiger partial charge in [-0.3, -0.25) is 4.79 Å². The summed E-state index contributed by atoms with van der Waals surface area (Å²) < 4.78 is 23.4. The van der Waals surface area contributed by atoms with Gasteiger partial charge in [0.15, 0.2) is 9.84 Å². The van der Waals surface area contributed by atoms with E-state index in [1.54, 1.807) is 13.0 Å². The van der Waals surface area contributed by atoms with E-state index in [-0.39, 0.29) is 4.90 Å². The van der Waals surface area contributed by atoms with Crippen LogP contribution in [0.3, 0.4) is 0 Å². The average Bonchev–Trinajstić information content (AvgIpc) is 2.40. The van der Waals surface area contributed by atoms with E-state index >= 15 is 0 Å². The van der Waals surface area contributed by atoms with Crippen LogP contribution >= 0.6 is 11.6 Å². The summed E-state index contributed by atoms with van der Waals surface area (Å²) in [5, 5.41) is 9.48. The summed E-state index contributed by atoms with van der Waals surface area (Å²) in [7, 11) is -3.32. The number of rotatable bonds is 3. The topological polar surface area (TPSA) is 74.7 Å². The third-order valence-electron chi connectivity index (χ3n) is 3.76. The fraction of sp³-hybridized carbons (Fsp3) is 0.500. The second kappa shape index (κ2) is 5.85. The van der Waals surface area contributed by atoms with Crippen molar-refractivity contribution in [2.24, 2.45) is 5.92 Å². The van der Waals surface area contributed by atoms with E-state index in [0.717, 1.165) is 19.2 Å². The Morgan fingerprint density at radius 2 is 2.10 bits per heavy atom. The Balaban J connectivity index is 2.37. The van der Waals surface area contributed by atoms with Crippen molar-refractivity contribution in [2.75, 3.05) is 24.2 Å². The van der Waals surface area contributed by atoms with Gasteiger partial charge < -0.3 is 10.0 Å². The standard InChI is InChI=1S/C14H18ClNO4S/c1-9-6-12(11(15)7-13(9)21(2,19)20)16-5-3-4-10(8-16)14(17)18/h6-7,10H,3-5,8H2,1-2H3,(H,17,18). The zero-order valence-corrected chi connectivity index (χ0v) is 13.5. The molecular weight excluding hydrogens is 314 g/mol. The van der Waals surface area contributed by atoms with Crippen LogP contribution in [0, 0.1) is 12.8 Å². The second-order valence-corrected chi connectivity index (χ2v) is 7.86. The highest BCUT2D eigenvalue weighted by Gasteiger charge is 2.27. The molecule has 1 fully saturated rings. The third kappa shape index (κ3) is 3.49. The number of aliphatic carboxylic acids is 1. The zero-order chi connectivity index (χ0) is 15.8. The summed E-state index contributed by atoms with van der Waals surface area (Å²) in [6.07, 6.45) is 2.58. The van der Waals surface area contributed by atoms with Crippen molar-refractivity contribution in [1.82, 2.24) is 0 Å². The van der Waals surface area contributed by atoms with E-state index in [2.05, 4.69) is 0 Å².